The van der Waals surface area contributed by atoms with Gasteiger partial charge in [-0.1, -0.05) is 24.3 Å². The van der Waals surface area contributed by atoms with Crippen LogP contribution in [0.15, 0.2) is 42.5 Å². The highest BCUT2D eigenvalue weighted by molar-refractivity contribution is 5.95. The lowest BCUT2D eigenvalue weighted by Crippen LogP contribution is -2.39. The summed E-state index contributed by atoms with van der Waals surface area (Å²) in [4.78, 5) is 14.5. The van der Waals surface area contributed by atoms with Gasteiger partial charge < -0.3 is 15.5 Å². The first-order valence-electron chi connectivity index (χ1n) is 7.59. The Morgan fingerprint density at radius 2 is 1.96 bits per heavy atom. The van der Waals surface area contributed by atoms with E-state index >= 15 is 0 Å². The van der Waals surface area contributed by atoms with Crippen molar-refractivity contribution in [1.29, 1.82) is 0 Å². The molecule has 0 saturated carbocycles. The molecular formula is C18H22ClN3O. The molecule has 4 nitrogen and oxygen atoms in total. The van der Waals surface area contributed by atoms with Crippen LogP contribution in [0.1, 0.15) is 11.1 Å². The van der Waals surface area contributed by atoms with Crippen molar-refractivity contribution in [2.45, 2.75) is 13.8 Å². The second-order valence-corrected chi connectivity index (χ2v) is 5.66. The Labute approximate surface area is 143 Å². The molecule has 0 unspecified atom stereocenters. The number of hydrogen-bond donors (Lipinski definition) is 2. The number of nitrogens with one attached hydrogen (secondary N) is 2. The Bertz CT molecular complexity index is 702. The first kappa shape index (κ1) is 17.2. The van der Waals surface area contributed by atoms with Crippen molar-refractivity contribution in [3.8, 4) is 0 Å². The molecule has 0 saturated heterocycles. The molecule has 0 aliphatic carbocycles. The quantitative estimate of drug-likeness (QED) is 0.903. The highest BCUT2D eigenvalue weighted by atomic mass is 35.5. The zero-order valence-electron chi connectivity index (χ0n) is 13.4. The largest absolute Gasteiger partial charge is 0.382 e. The molecule has 2 aromatic rings. The third-order valence-corrected chi connectivity index (χ3v) is 4.16. The zero-order chi connectivity index (χ0) is 15.5. The van der Waals surface area contributed by atoms with Crippen LogP contribution in [0.2, 0.25) is 0 Å². The number of halogens is 1. The molecule has 2 N–H and O–H groups in total. The fraction of sp³-hybridized carbons (Fsp3) is 0.278. The molecule has 2 aromatic carbocycles. The first-order valence-corrected chi connectivity index (χ1v) is 7.59. The molecule has 122 valence electrons. The topological polar surface area (TPSA) is 44.4 Å². The summed E-state index contributed by atoms with van der Waals surface area (Å²) >= 11 is 0. The van der Waals surface area contributed by atoms with Gasteiger partial charge in [-0.2, -0.15) is 0 Å². The number of aryl methyl sites for hydroxylation is 1. The number of carbonyl (C=O) groups is 1. The summed E-state index contributed by atoms with van der Waals surface area (Å²) in [5.41, 5.74) is 5.38. The van der Waals surface area contributed by atoms with E-state index in [9.17, 15) is 4.79 Å². The van der Waals surface area contributed by atoms with Gasteiger partial charge in [0, 0.05) is 18.8 Å². The van der Waals surface area contributed by atoms with Crippen LogP contribution in [0, 0.1) is 13.8 Å². The molecule has 1 aliphatic rings. The number of hydrogen-bond acceptors (Lipinski definition) is 3. The summed E-state index contributed by atoms with van der Waals surface area (Å²) in [7, 11) is 0. The predicted octanol–water partition coefficient (Wildman–Crippen LogP) is 3.60. The van der Waals surface area contributed by atoms with Crippen molar-refractivity contribution >= 4 is 35.4 Å². The first-order chi connectivity index (χ1) is 10.6. The third kappa shape index (κ3) is 3.77. The van der Waals surface area contributed by atoms with Gasteiger partial charge in [0.15, 0.2) is 0 Å². The van der Waals surface area contributed by atoms with Crippen LogP contribution in [0.25, 0.3) is 0 Å². The second kappa shape index (κ2) is 7.38. The Hall–Kier alpha value is -2.20. The molecule has 0 radical (unpaired) electrons. The van der Waals surface area contributed by atoms with Crippen molar-refractivity contribution in [1.82, 2.24) is 0 Å². The molecule has 0 atom stereocenters. The van der Waals surface area contributed by atoms with Gasteiger partial charge in [0.1, 0.15) is 0 Å². The Kier molecular flexibility index (Phi) is 5.50. The highest BCUT2D eigenvalue weighted by Crippen LogP contribution is 2.28. The minimum absolute atomic E-state index is 0. The molecular weight excluding hydrogens is 310 g/mol. The van der Waals surface area contributed by atoms with Gasteiger partial charge in [-0.15, -0.1) is 12.4 Å². The lowest BCUT2D eigenvalue weighted by molar-refractivity contribution is -0.115. The van der Waals surface area contributed by atoms with E-state index in [0.29, 0.717) is 6.54 Å². The van der Waals surface area contributed by atoms with Gasteiger partial charge in [-0.05, 0) is 43.2 Å². The van der Waals surface area contributed by atoms with E-state index in [1.807, 2.05) is 43.3 Å². The molecule has 1 aliphatic heterocycles. The molecule has 1 heterocycles. The average Bonchev–Trinajstić information content (AvgIpc) is 2.52. The lowest BCUT2D eigenvalue weighted by atomic mass is 10.1. The van der Waals surface area contributed by atoms with Crippen LogP contribution in [-0.2, 0) is 4.79 Å². The minimum Gasteiger partial charge on any atom is -0.382 e. The van der Waals surface area contributed by atoms with Crippen LogP contribution >= 0.6 is 12.4 Å². The highest BCUT2D eigenvalue weighted by Gasteiger charge is 2.18. The van der Waals surface area contributed by atoms with Gasteiger partial charge in [-0.3, -0.25) is 4.79 Å². The van der Waals surface area contributed by atoms with Crippen LogP contribution in [-0.4, -0.2) is 25.5 Å². The van der Waals surface area contributed by atoms with Gasteiger partial charge >= 0.3 is 0 Å². The SMILES string of the molecule is Cc1cccc(NC(=O)CN2CCNc3ccccc32)c1C.Cl. The van der Waals surface area contributed by atoms with E-state index in [4.69, 9.17) is 0 Å². The smallest absolute Gasteiger partial charge is 0.243 e. The van der Waals surface area contributed by atoms with Crippen molar-refractivity contribution in [3.63, 3.8) is 0 Å². The van der Waals surface area contributed by atoms with Crippen molar-refractivity contribution in [2.75, 3.05) is 35.2 Å². The fourth-order valence-electron chi connectivity index (χ4n) is 2.76. The number of fused-ring (bicyclic) bond motifs is 1. The summed E-state index contributed by atoms with van der Waals surface area (Å²) in [6.07, 6.45) is 0. The average molecular weight is 332 g/mol. The Balaban J connectivity index is 0.00000192. The van der Waals surface area contributed by atoms with E-state index in [1.165, 1.54) is 5.56 Å². The molecule has 3 rings (SSSR count). The van der Waals surface area contributed by atoms with E-state index in [0.717, 1.165) is 35.7 Å². The molecule has 0 bridgehead atoms. The maximum atomic E-state index is 12.4. The zero-order valence-corrected chi connectivity index (χ0v) is 14.2. The van der Waals surface area contributed by atoms with E-state index in [1.54, 1.807) is 0 Å². The third-order valence-electron chi connectivity index (χ3n) is 4.16. The maximum Gasteiger partial charge on any atom is 0.243 e. The second-order valence-electron chi connectivity index (χ2n) is 5.66. The van der Waals surface area contributed by atoms with E-state index < -0.39 is 0 Å². The summed E-state index contributed by atoms with van der Waals surface area (Å²) in [5.74, 6) is 0.0189. The van der Waals surface area contributed by atoms with Gasteiger partial charge in [0.2, 0.25) is 5.91 Å². The summed E-state index contributed by atoms with van der Waals surface area (Å²) in [6.45, 7) is 6.14. The number of carbonyl (C=O) groups excluding carboxylic acids is 1. The normalized spacial score (nSPS) is 12.7. The predicted molar refractivity (Wildman–Crippen MR) is 98.9 cm³/mol. The number of amides is 1. The monoisotopic (exact) mass is 331 g/mol. The molecule has 0 fully saturated rings. The minimum atomic E-state index is 0. The molecule has 1 amide bonds. The number of para-hydroxylation sites is 2. The van der Waals surface area contributed by atoms with Crippen LogP contribution in [0.5, 0.6) is 0 Å². The molecule has 5 heteroatoms. The Morgan fingerprint density at radius 1 is 1.17 bits per heavy atom. The number of rotatable bonds is 3. The van der Waals surface area contributed by atoms with Gasteiger partial charge in [-0.25, -0.2) is 0 Å². The Morgan fingerprint density at radius 3 is 2.78 bits per heavy atom. The fourth-order valence-corrected chi connectivity index (χ4v) is 2.76. The maximum absolute atomic E-state index is 12.4. The van der Waals surface area contributed by atoms with Crippen molar-refractivity contribution < 1.29 is 4.79 Å². The van der Waals surface area contributed by atoms with Gasteiger partial charge in [0.05, 0.1) is 17.9 Å². The van der Waals surface area contributed by atoms with Crippen molar-refractivity contribution in [3.05, 3.63) is 53.6 Å². The molecule has 23 heavy (non-hydrogen) atoms. The van der Waals surface area contributed by atoms with E-state index in [-0.39, 0.29) is 18.3 Å². The summed E-state index contributed by atoms with van der Waals surface area (Å²) in [6, 6.07) is 14.1. The summed E-state index contributed by atoms with van der Waals surface area (Å²) < 4.78 is 0. The summed E-state index contributed by atoms with van der Waals surface area (Å²) in [5, 5.41) is 6.39. The molecule has 0 spiro atoms. The van der Waals surface area contributed by atoms with Gasteiger partial charge in [0.25, 0.3) is 0 Å². The van der Waals surface area contributed by atoms with Crippen LogP contribution in [0.3, 0.4) is 0 Å². The van der Waals surface area contributed by atoms with E-state index in [2.05, 4.69) is 28.5 Å². The van der Waals surface area contributed by atoms with Crippen molar-refractivity contribution in [2.24, 2.45) is 0 Å². The number of benzene rings is 2. The van der Waals surface area contributed by atoms with Crippen LogP contribution in [0.4, 0.5) is 17.1 Å². The standard InChI is InChI=1S/C18H21N3O.ClH/c1-13-6-5-8-15(14(13)2)20-18(22)12-21-11-10-19-16-7-3-4-9-17(16)21;/h3-9,19H,10-12H2,1-2H3,(H,20,22);1H. The lowest BCUT2D eigenvalue weighted by Gasteiger charge is -2.31. The molecule has 0 aromatic heterocycles. The number of anilines is 3. The number of nitrogens with zero attached hydrogens (tertiary/aromatic N) is 1. The van der Waals surface area contributed by atoms with Crippen LogP contribution < -0.4 is 15.5 Å².